The average Bonchev–Trinajstić information content (AvgIpc) is 2.52. The summed E-state index contributed by atoms with van der Waals surface area (Å²) in [4.78, 5) is 2.68. The molecule has 0 saturated heterocycles. The van der Waals surface area contributed by atoms with Crippen LogP contribution in [0.15, 0.2) is 12.1 Å². The lowest BCUT2D eigenvalue weighted by Gasteiger charge is -2.09. The molecule has 1 rings (SSSR count). The van der Waals surface area contributed by atoms with Crippen molar-refractivity contribution >= 4 is 11.3 Å². The van der Waals surface area contributed by atoms with E-state index in [0.29, 0.717) is 12.5 Å². The molecule has 3 heteroatoms. The van der Waals surface area contributed by atoms with E-state index >= 15 is 0 Å². The highest BCUT2D eigenvalue weighted by Crippen LogP contribution is 2.21. The average molecular weight is 194 g/mol. The number of hydrogen-bond acceptors (Lipinski definition) is 3. The molecule has 0 saturated carbocycles. The molecule has 1 N–H and O–H groups in total. The highest BCUT2D eigenvalue weighted by atomic mass is 32.1. The molecule has 0 aromatic carbocycles. The third-order valence-electron chi connectivity index (χ3n) is 1.88. The van der Waals surface area contributed by atoms with Crippen molar-refractivity contribution in [3.05, 3.63) is 21.9 Å². The first kappa shape index (κ1) is 10.2. The summed E-state index contributed by atoms with van der Waals surface area (Å²) >= 11 is 1.81. The van der Waals surface area contributed by atoms with Crippen molar-refractivity contribution in [1.29, 1.82) is 5.26 Å². The molecule has 0 fully saturated rings. The molecule has 13 heavy (non-hydrogen) atoms. The van der Waals surface area contributed by atoms with Gasteiger partial charge in [-0.1, -0.05) is 0 Å². The van der Waals surface area contributed by atoms with Crippen molar-refractivity contribution in [2.75, 3.05) is 6.54 Å². The molecule has 1 unspecified atom stereocenters. The molecular weight excluding hydrogens is 180 g/mol. The second-order valence-electron chi connectivity index (χ2n) is 3.03. The van der Waals surface area contributed by atoms with Crippen LogP contribution < -0.4 is 5.32 Å². The molecule has 1 atom stereocenters. The van der Waals surface area contributed by atoms with Crippen molar-refractivity contribution < 1.29 is 0 Å². The minimum Gasteiger partial charge on any atom is -0.308 e. The monoisotopic (exact) mass is 194 g/mol. The van der Waals surface area contributed by atoms with Gasteiger partial charge in [0, 0.05) is 28.8 Å². The Morgan fingerprint density at radius 2 is 2.38 bits per heavy atom. The maximum absolute atomic E-state index is 8.37. The predicted octanol–water partition coefficient (Wildman–Crippen LogP) is 2.62. The topological polar surface area (TPSA) is 35.8 Å². The van der Waals surface area contributed by atoms with Crippen LogP contribution in [0.25, 0.3) is 0 Å². The third kappa shape index (κ3) is 3.17. The van der Waals surface area contributed by atoms with Crippen LogP contribution in [-0.2, 0) is 0 Å². The molecule has 0 spiro atoms. The van der Waals surface area contributed by atoms with Gasteiger partial charge in [0.25, 0.3) is 0 Å². The first-order chi connectivity index (χ1) is 6.24. The maximum atomic E-state index is 8.37. The van der Waals surface area contributed by atoms with E-state index < -0.39 is 0 Å². The Hall–Kier alpha value is -0.850. The zero-order chi connectivity index (χ0) is 9.68. The molecule has 0 amide bonds. The van der Waals surface area contributed by atoms with E-state index in [0.717, 1.165) is 6.54 Å². The molecule has 70 valence electrons. The fourth-order valence-electron chi connectivity index (χ4n) is 1.13. The lowest BCUT2D eigenvalue weighted by atomic mass is 10.2. The first-order valence-electron chi connectivity index (χ1n) is 4.40. The van der Waals surface area contributed by atoms with Gasteiger partial charge in [0.2, 0.25) is 0 Å². The normalized spacial score (nSPS) is 12.4. The number of nitrogens with zero attached hydrogens (tertiary/aromatic N) is 1. The van der Waals surface area contributed by atoms with Gasteiger partial charge >= 0.3 is 0 Å². The zero-order valence-corrected chi connectivity index (χ0v) is 8.82. The fourth-order valence-corrected chi connectivity index (χ4v) is 2.04. The minimum atomic E-state index is 0.368. The van der Waals surface area contributed by atoms with E-state index in [1.807, 2.05) is 11.3 Å². The Balaban J connectivity index is 2.40. The number of nitrogens with one attached hydrogen (secondary N) is 1. The number of thiophene rings is 1. The molecule has 1 aromatic heterocycles. The Morgan fingerprint density at radius 3 is 2.92 bits per heavy atom. The summed E-state index contributed by atoms with van der Waals surface area (Å²) in [6, 6.07) is 6.76. The maximum Gasteiger partial charge on any atom is 0.0635 e. The molecule has 2 nitrogen and oxygen atoms in total. The lowest BCUT2D eigenvalue weighted by molar-refractivity contribution is 0.591. The molecule has 1 aromatic rings. The van der Waals surface area contributed by atoms with Crippen molar-refractivity contribution in [1.82, 2.24) is 5.32 Å². The quantitative estimate of drug-likeness (QED) is 0.748. The summed E-state index contributed by atoms with van der Waals surface area (Å²) in [5.41, 5.74) is 0. The predicted molar refractivity (Wildman–Crippen MR) is 55.7 cm³/mol. The van der Waals surface area contributed by atoms with Crippen LogP contribution in [0.5, 0.6) is 0 Å². The Bertz CT molecular complexity index is 298. The molecule has 0 aliphatic carbocycles. The molecular formula is C10H14N2S. The van der Waals surface area contributed by atoms with Crippen LogP contribution in [0.1, 0.15) is 29.1 Å². The van der Waals surface area contributed by atoms with Crippen molar-refractivity contribution in [2.45, 2.75) is 26.3 Å². The van der Waals surface area contributed by atoms with Crippen molar-refractivity contribution in [3.63, 3.8) is 0 Å². The highest BCUT2D eigenvalue weighted by molar-refractivity contribution is 7.12. The summed E-state index contributed by atoms with van der Waals surface area (Å²) in [5.74, 6) is 0. The summed E-state index contributed by atoms with van der Waals surface area (Å²) in [6.07, 6.45) is 0.578. The SMILES string of the molecule is Cc1ccc(C(C)NCCC#N)s1. The van der Waals surface area contributed by atoms with Crippen LogP contribution in [0.3, 0.4) is 0 Å². The zero-order valence-electron chi connectivity index (χ0n) is 8.00. The fraction of sp³-hybridized carbons (Fsp3) is 0.500. The highest BCUT2D eigenvalue weighted by Gasteiger charge is 2.05. The molecule has 0 aliphatic heterocycles. The summed E-state index contributed by atoms with van der Waals surface area (Å²) in [5, 5.41) is 11.7. The van der Waals surface area contributed by atoms with E-state index in [4.69, 9.17) is 5.26 Å². The van der Waals surface area contributed by atoms with E-state index in [2.05, 4.69) is 37.4 Å². The summed E-state index contributed by atoms with van der Waals surface area (Å²) in [6.45, 7) is 5.01. The molecule has 0 aliphatic rings. The first-order valence-corrected chi connectivity index (χ1v) is 5.22. The number of nitriles is 1. The van der Waals surface area contributed by atoms with Gasteiger partial charge in [0.05, 0.1) is 6.07 Å². The van der Waals surface area contributed by atoms with E-state index in [9.17, 15) is 0 Å². The van der Waals surface area contributed by atoms with Crippen LogP contribution in [-0.4, -0.2) is 6.54 Å². The van der Waals surface area contributed by atoms with Crippen LogP contribution in [0, 0.1) is 18.3 Å². The number of rotatable bonds is 4. The summed E-state index contributed by atoms with van der Waals surface area (Å²) in [7, 11) is 0. The number of hydrogen-bond donors (Lipinski definition) is 1. The van der Waals surface area contributed by atoms with Gasteiger partial charge in [0.1, 0.15) is 0 Å². The van der Waals surface area contributed by atoms with Gasteiger partial charge < -0.3 is 5.32 Å². The van der Waals surface area contributed by atoms with Crippen molar-refractivity contribution in [3.8, 4) is 6.07 Å². The second-order valence-corrected chi connectivity index (χ2v) is 4.35. The van der Waals surface area contributed by atoms with Crippen molar-refractivity contribution in [2.24, 2.45) is 0 Å². The largest absolute Gasteiger partial charge is 0.308 e. The molecule has 0 bridgehead atoms. The minimum absolute atomic E-state index is 0.368. The smallest absolute Gasteiger partial charge is 0.0635 e. The van der Waals surface area contributed by atoms with Crippen LogP contribution in [0.4, 0.5) is 0 Å². The molecule has 0 radical (unpaired) electrons. The van der Waals surface area contributed by atoms with Gasteiger partial charge in [-0.25, -0.2) is 0 Å². The Labute approximate surface area is 83.2 Å². The van der Waals surface area contributed by atoms with Gasteiger partial charge in [-0.3, -0.25) is 0 Å². The van der Waals surface area contributed by atoms with Gasteiger partial charge in [0.15, 0.2) is 0 Å². The molecule has 1 heterocycles. The lowest BCUT2D eigenvalue weighted by Crippen LogP contribution is -2.18. The van der Waals surface area contributed by atoms with E-state index in [-0.39, 0.29) is 0 Å². The van der Waals surface area contributed by atoms with Crippen LogP contribution in [0.2, 0.25) is 0 Å². The third-order valence-corrected chi connectivity index (χ3v) is 3.06. The summed E-state index contributed by atoms with van der Waals surface area (Å²) < 4.78 is 0. The van der Waals surface area contributed by atoms with Gasteiger partial charge in [-0.2, -0.15) is 5.26 Å². The standard InChI is InChI=1S/C10H14N2S/c1-8-4-5-10(13-8)9(2)12-7-3-6-11/h4-5,9,12H,3,7H2,1-2H3. The Kier molecular flexibility index (Phi) is 3.94. The van der Waals surface area contributed by atoms with Gasteiger partial charge in [-0.05, 0) is 26.0 Å². The number of aryl methyl sites for hydroxylation is 1. The van der Waals surface area contributed by atoms with E-state index in [1.165, 1.54) is 9.75 Å². The Morgan fingerprint density at radius 1 is 1.62 bits per heavy atom. The second kappa shape index (κ2) is 5.00. The van der Waals surface area contributed by atoms with Gasteiger partial charge in [-0.15, -0.1) is 11.3 Å². The van der Waals surface area contributed by atoms with Crippen LogP contribution >= 0.6 is 11.3 Å². The van der Waals surface area contributed by atoms with E-state index in [1.54, 1.807) is 0 Å².